The maximum absolute atomic E-state index is 11.4. The zero-order chi connectivity index (χ0) is 21.5. The molecule has 158 valence electrons. The predicted octanol–water partition coefficient (Wildman–Crippen LogP) is 3.88. The van der Waals surface area contributed by atoms with E-state index in [2.05, 4.69) is 26.1 Å². The first-order valence-electron chi connectivity index (χ1n) is 9.78. The number of nitrogens with one attached hydrogen (secondary N) is 1. The Morgan fingerprint density at radius 1 is 1.26 bits per heavy atom. The number of ether oxygens (including phenoxy) is 3. The van der Waals surface area contributed by atoms with Crippen LogP contribution in [0, 0.1) is 6.92 Å². The van der Waals surface area contributed by atoms with Crippen LogP contribution in [-0.2, 0) is 11.2 Å². The van der Waals surface area contributed by atoms with Gasteiger partial charge in [-0.3, -0.25) is 0 Å². The standard InChI is InChI=1S/C22H20N4O4S/c1-11-6-14(19-16(7-11)25-18(28-2)10-23-19)21-26-15-4-5-17-13(20(15)31-21)8-12(30-17)9-24-22(27)29-3/h4-7,10,12H,8-9H2,1-3H3,(H,24,27)/t12-/m0/s1. The maximum Gasteiger partial charge on any atom is 0.406 e. The summed E-state index contributed by atoms with van der Waals surface area (Å²) in [6, 6.07) is 7.99. The van der Waals surface area contributed by atoms with Gasteiger partial charge in [-0.15, -0.1) is 11.3 Å². The summed E-state index contributed by atoms with van der Waals surface area (Å²) in [6.45, 7) is 2.41. The van der Waals surface area contributed by atoms with Crippen molar-refractivity contribution in [3.8, 4) is 22.2 Å². The average molecular weight is 436 g/mol. The Bertz CT molecular complexity index is 1320. The molecule has 31 heavy (non-hydrogen) atoms. The number of fused-ring (bicyclic) bond motifs is 4. The van der Waals surface area contributed by atoms with Gasteiger partial charge in [0.15, 0.2) is 0 Å². The van der Waals surface area contributed by atoms with Crippen LogP contribution in [0.3, 0.4) is 0 Å². The molecule has 1 aliphatic rings. The second-order valence-corrected chi connectivity index (χ2v) is 8.32. The Balaban J connectivity index is 1.54. The van der Waals surface area contributed by atoms with Gasteiger partial charge >= 0.3 is 6.09 Å². The average Bonchev–Trinajstić information content (AvgIpc) is 3.39. The topological polar surface area (TPSA) is 95.5 Å². The van der Waals surface area contributed by atoms with Gasteiger partial charge in [0.05, 0.1) is 48.2 Å². The Labute approximate surface area is 182 Å². The van der Waals surface area contributed by atoms with Gasteiger partial charge in [-0.25, -0.2) is 19.7 Å². The minimum atomic E-state index is -0.464. The van der Waals surface area contributed by atoms with Gasteiger partial charge in [0, 0.05) is 17.5 Å². The van der Waals surface area contributed by atoms with Crippen molar-refractivity contribution < 1.29 is 19.0 Å². The number of hydrogen-bond acceptors (Lipinski definition) is 8. The van der Waals surface area contributed by atoms with E-state index in [1.54, 1.807) is 24.6 Å². The van der Waals surface area contributed by atoms with Crippen molar-refractivity contribution in [2.24, 2.45) is 0 Å². The minimum Gasteiger partial charge on any atom is -0.488 e. The van der Waals surface area contributed by atoms with Crippen molar-refractivity contribution in [1.82, 2.24) is 20.3 Å². The molecule has 0 saturated heterocycles. The highest BCUT2D eigenvalue weighted by Crippen LogP contribution is 2.41. The molecule has 5 rings (SSSR count). The van der Waals surface area contributed by atoms with Crippen LogP contribution in [0.15, 0.2) is 30.5 Å². The van der Waals surface area contributed by atoms with E-state index in [-0.39, 0.29) is 6.10 Å². The molecule has 3 heterocycles. The van der Waals surface area contributed by atoms with Crippen LogP contribution in [-0.4, -0.2) is 47.9 Å². The highest BCUT2D eigenvalue weighted by atomic mass is 32.1. The van der Waals surface area contributed by atoms with E-state index in [1.807, 2.05) is 25.1 Å². The number of amides is 1. The number of carbonyl (C=O) groups is 1. The summed E-state index contributed by atoms with van der Waals surface area (Å²) in [5.41, 5.74) is 5.62. The number of aryl methyl sites for hydroxylation is 1. The van der Waals surface area contributed by atoms with Gasteiger partial charge in [0.2, 0.25) is 5.88 Å². The van der Waals surface area contributed by atoms with Gasteiger partial charge < -0.3 is 19.5 Å². The second kappa shape index (κ2) is 7.66. The van der Waals surface area contributed by atoms with E-state index >= 15 is 0 Å². The molecule has 1 N–H and O–H groups in total. The number of rotatable bonds is 4. The summed E-state index contributed by atoms with van der Waals surface area (Å²) >= 11 is 1.62. The Morgan fingerprint density at radius 2 is 2.13 bits per heavy atom. The molecular formula is C22H20N4O4S. The largest absolute Gasteiger partial charge is 0.488 e. The van der Waals surface area contributed by atoms with E-state index in [4.69, 9.17) is 14.5 Å². The van der Waals surface area contributed by atoms with Gasteiger partial charge in [0.25, 0.3) is 0 Å². The fourth-order valence-corrected chi connectivity index (χ4v) is 4.92. The molecule has 2 aromatic heterocycles. The summed E-state index contributed by atoms with van der Waals surface area (Å²) in [4.78, 5) is 25.4. The highest BCUT2D eigenvalue weighted by Gasteiger charge is 2.27. The van der Waals surface area contributed by atoms with Crippen molar-refractivity contribution in [3.63, 3.8) is 0 Å². The first-order chi connectivity index (χ1) is 15.1. The van der Waals surface area contributed by atoms with E-state index in [9.17, 15) is 4.79 Å². The SMILES string of the molecule is COC(=O)NC[C@@H]1Cc2c(ccc3nc(-c4cc(C)cc5nc(OC)cnc45)sc23)O1. The zero-order valence-corrected chi connectivity index (χ0v) is 18.1. The summed E-state index contributed by atoms with van der Waals surface area (Å²) in [7, 11) is 2.92. The normalized spacial score (nSPS) is 15.0. The first-order valence-corrected chi connectivity index (χ1v) is 10.6. The summed E-state index contributed by atoms with van der Waals surface area (Å²) < 4.78 is 17.0. The number of thiazole rings is 1. The number of hydrogen-bond donors (Lipinski definition) is 1. The molecule has 0 spiro atoms. The molecule has 9 heteroatoms. The van der Waals surface area contributed by atoms with Crippen LogP contribution in [0.25, 0.3) is 31.8 Å². The van der Waals surface area contributed by atoms with Gasteiger partial charge in [-0.2, -0.15) is 0 Å². The van der Waals surface area contributed by atoms with E-state index in [1.165, 1.54) is 7.11 Å². The molecule has 0 radical (unpaired) electrons. The number of nitrogens with zero attached hydrogens (tertiary/aromatic N) is 3. The van der Waals surface area contributed by atoms with Crippen molar-refractivity contribution in [3.05, 3.63) is 41.6 Å². The Hall–Kier alpha value is -3.46. The molecule has 1 atom stereocenters. The Morgan fingerprint density at radius 3 is 2.94 bits per heavy atom. The minimum absolute atomic E-state index is 0.136. The van der Waals surface area contributed by atoms with Crippen molar-refractivity contribution in [1.29, 1.82) is 0 Å². The lowest BCUT2D eigenvalue weighted by Crippen LogP contribution is -2.34. The number of carbonyl (C=O) groups excluding carboxylic acids is 1. The van der Waals surface area contributed by atoms with E-state index < -0.39 is 6.09 Å². The summed E-state index contributed by atoms with van der Waals surface area (Å²) in [5, 5.41) is 3.58. The third-order valence-corrected chi connectivity index (χ3v) is 6.37. The lowest BCUT2D eigenvalue weighted by atomic mass is 10.1. The Kier molecular flexibility index (Phi) is 4.82. The third kappa shape index (κ3) is 3.50. The molecule has 1 aliphatic heterocycles. The number of benzene rings is 2. The van der Waals surface area contributed by atoms with Gasteiger partial charge in [0.1, 0.15) is 16.9 Å². The number of methoxy groups -OCH3 is 2. The molecule has 0 unspecified atom stereocenters. The second-order valence-electron chi connectivity index (χ2n) is 7.32. The predicted molar refractivity (Wildman–Crippen MR) is 118 cm³/mol. The van der Waals surface area contributed by atoms with Crippen LogP contribution >= 0.6 is 11.3 Å². The number of alkyl carbamates (subject to hydrolysis) is 1. The summed E-state index contributed by atoms with van der Waals surface area (Å²) in [5.74, 6) is 1.31. The van der Waals surface area contributed by atoms with Crippen LogP contribution in [0.2, 0.25) is 0 Å². The molecular weight excluding hydrogens is 416 g/mol. The molecule has 2 aromatic carbocycles. The monoisotopic (exact) mass is 436 g/mol. The quantitative estimate of drug-likeness (QED) is 0.519. The lowest BCUT2D eigenvalue weighted by Gasteiger charge is -2.10. The number of aromatic nitrogens is 3. The van der Waals surface area contributed by atoms with E-state index in [0.717, 1.165) is 48.7 Å². The fraction of sp³-hybridized carbons (Fsp3) is 0.273. The molecule has 0 saturated carbocycles. The molecule has 0 aliphatic carbocycles. The highest BCUT2D eigenvalue weighted by molar-refractivity contribution is 7.22. The van der Waals surface area contributed by atoms with Crippen molar-refractivity contribution in [2.75, 3.05) is 20.8 Å². The van der Waals surface area contributed by atoms with Crippen LogP contribution in [0.4, 0.5) is 4.79 Å². The van der Waals surface area contributed by atoms with Crippen LogP contribution in [0.5, 0.6) is 11.6 Å². The third-order valence-electron chi connectivity index (χ3n) is 5.21. The van der Waals surface area contributed by atoms with Crippen LogP contribution < -0.4 is 14.8 Å². The summed E-state index contributed by atoms with van der Waals surface area (Å²) in [6.07, 6.45) is 1.72. The molecule has 0 fully saturated rings. The first kappa shape index (κ1) is 19.5. The fourth-order valence-electron chi connectivity index (χ4n) is 3.79. The maximum atomic E-state index is 11.4. The van der Waals surface area contributed by atoms with E-state index in [0.29, 0.717) is 18.8 Å². The van der Waals surface area contributed by atoms with Crippen LogP contribution in [0.1, 0.15) is 11.1 Å². The molecule has 8 nitrogen and oxygen atoms in total. The van der Waals surface area contributed by atoms with Gasteiger partial charge in [-0.1, -0.05) is 0 Å². The zero-order valence-electron chi connectivity index (χ0n) is 17.3. The lowest BCUT2D eigenvalue weighted by molar-refractivity contribution is 0.161. The molecule has 0 bridgehead atoms. The van der Waals surface area contributed by atoms with Crippen molar-refractivity contribution >= 4 is 38.7 Å². The smallest absolute Gasteiger partial charge is 0.406 e. The van der Waals surface area contributed by atoms with Gasteiger partial charge in [-0.05, 0) is 36.8 Å². The molecule has 4 aromatic rings. The molecule has 1 amide bonds. The van der Waals surface area contributed by atoms with Crippen molar-refractivity contribution in [2.45, 2.75) is 19.4 Å².